The number of amides is 2. The maximum Gasteiger partial charge on any atom is 0.264 e. The molecule has 47 heavy (non-hydrogen) atoms. The second-order valence-corrected chi connectivity index (χ2v) is 13.8. The number of aryl methyl sites for hydroxylation is 1. The summed E-state index contributed by atoms with van der Waals surface area (Å²) in [5.41, 5.74) is 2.15. The number of nitrogens with one attached hydrogen (secondary N) is 1. The van der Waals surface area contributed by atoms with Crippen molar-refractivity contribution in [2.75, 3.05) is 24.5 Å². The Hall–Kier alpha value is -4.22. The predicted molar refractivity (Wildman–Crippen MR) is 185 cm³/mol. The van der Waals surface area contributed by atoms with Crippen LogP contribution in [0.25, 0.3) is 0 Å². The van der Waals surface area contributed by atoms with Crippen LogP contribution in [-0.2, 0) is 32.6 Å². The topological polar surface area (TPSA) is 96.0 Å². The van der Waals surface area contributed by atoms with Gasteiger partial charge in [-0.1, -0.05) is 79.6 Å². The fourth-order valence-corrected chi connectivity index (χ4v) is 7.18. The van der Waals surface area contributed by atoms with Gasteiger partial charge in [0.25, 0.3) is 10.0 Å². The van der Waals surface area contributed by atoms with Crippen LogP contribution in [0.3, 0.4) is 0 Å². The van der Waals surface area contributed by atoms with Crippen molar-refractivity contribution in [1.29, 1.82) is 0 Å². The molecule has 248 valence electrons. The molecule has 2 amide bonds. The van der Waals surface area contributed by atoms with Gasteiger partial charge in [0.2, 0.25) is 11.8 Å². The Labute approximate surface area is 284 Å². The van der Waals surface area contributed by atoms with Crippen molar-refractivity contribution in [2.45, 2.75) is 50.6 Å². The number of methoxy groups -OCH3 is 1. The number of unbranched alkanes of at least 4 members (excludes halogenated alkanes) is 1. The SMILES string of the molecule is CCCCNC(=O)[C@@H](Cc1ccccc1)N(Cc1ccccc1F)C(=O)CN(c1ccc(C)cc1)S(=O)(=O)c1ccc(OC)c(Br)c1. The molecule has 0 aliphatic rings. The first-order valence-corrected chi connectivity index (χ1v) is 17.6. The fraction of sp³-hybridized carbons (Fsp3) is 0.278. The van der Waals surface area contributed by atoms with Crippen molar-refractivity contribution in [1.82, 2.24) is 10.2 Å². The molecule has 1 atom stereocenters. The van der Waals surface area contributed by atoms with Crippen molar-refractivity contribution in [3.8, 4) is 5.75 Å². The summed E-state index contributed by atoms with van der Waals surface area (Å²) in [4.78, 5) is 29.5. The van der Waals surface area contributed by atoms with Gasteiger partial charge < -0.3 is 15.0 Å². The largest absolute Gasteiger partial charge is 0.496 e. The molecule has 0 heterocycles. The van der Waals surface area contributed by atoms with E-state index in [-0.39, 0.29) is 29.1 Å². The van der Waals surface area contributed by atoms with E-state index in [2.05, 4.69) is 21.2 Å². The van der Waals surface area contributed by atoms with Crippen LogP contribution < -0.4 is 14.4 Å². The summed E-state index contributed by atoms with van der Waals surface area (Å²) >= 11 is 3.36. The Morgan fingerprint density at radius 1 is 0.957 bits per heavy atom. The first-order valence-electron chi connectivity index (χ1n) is 15.3. The third-order valence-corrected chi connectivity index (χ3v) is 10.1. The average Bonchev–Trinajstić information content (AvgIpc) is 3.06. The maximum absolute atomic E-state index is 15.1. The van der Waals surface area contributed by atoms with Gasteiger partial charge in [-0.25, -0.2) is 12.8 Å². The molecule has 0 saturated carbocycles. The first-order chi connectivity index (χ1) is 22.5. The minimum atomic E-state index is -4.32. The molecule has 0 spiro atoms. The Morgan fingerprint density at radius 3 is 2.28 bits per heavy atom. The summed E-state index contributed by atoms with van der Waals surface area (Å²) in [7, 11) is -2.85. The predicted octanol–water partition coefficient (Wildman–Crippen LogP) is 6.66. The first kappa shape index (κ1) is 35.6. The number of carbonyl (C=O) groups excluding carboxylic acids is 2. The van der Waals surface area contributed by atoms with Crippen molar-refractivity contribution in [3.05, 3.63) is 124 Å². The van der Waals surface area contributed by atoms with Crippen LogP contribution in [0.15, 0.2) is 106 Å². The second-order valence-electron chi connectivity index (χ2n) is 11.1. The number of hydrogen-bond donors (Lipinski definition) is 1. The van der Waals surface area contributed by atoms with Gasteiger partial charge in [0.05, 0.1) is 22.2 Å². The molecule has 0 aromatic heterocycles. The highest BCUT2D eigenvalue weighted by atomic mass is 79.9. The monoisotopic (exact) mass is 723 g/mol. The van der Waals surface area contributed by atoms with E-state index < -0.39 is 40.2 Å². The maximum atomic E-state index is 15.1. The van der Waals surface area contributed by atoms with Gasteiger partial charge in [-0.15, -0.1) is 0 Å². The highest BCUT2D eigenvalue weighted by Gasteiger charge is 2.35. The van der Waals surface area contributed by atoms with E-state index in [0.29, 0.717) is 16.8 Å². The van der Waals surface area contributed by atoms with E-state index in [1.54, 1.807) is 42.5 Å². The summed E-state index contributed by atoms with van der Waals surface area (Å²) in [5.74, 6) is -1.18. The lowest BCUT2D eigenvalue weighted by atomic mass is 10.0. The molecule has 0 bridgehead atoms. The molecule has 0 aliphatic carbocycles. The lowest BCUT2D eigenvalue weighted by Crippen LogP contribution is -2.53. The lowest BCUT2D eigenvalue weighted by Gasteiger charge is -2.34. The van der Waals surface area contributed by atoms with E-state index in [1.165, 1.54) is 36.3 Å². The zero-order valence-corrected chi connectivity index (χ0v) is 29.1. The Bertz CT molecular complexity index is 1770. The minimum absolute atomic E-state index is 0.0719. The summed E-state index contributed by atoms with van der Waals surface area (Å²) in [6.45, 7) is 3.38. The summed E-state index contributed by atoms with van der Waals surface area (Å²) < 4.78 is 50.3. The Balaban J connectivity index is 1.81. The third-order valence-electron chi connectivity index (χ3n) is 7.71. The molecular formula is C36H39BrFN3O5S. The molecule has 0 saturated heterocycles. The number of sulfonamides is 1. The van der Waals surface area contributed by atoms with Crippen molar-refractivity contribution >= 4 is 43.5 Å². The molecule has 0 unspecified atom stereocenters. The van der Waals surface area contributed by atoms with Gasteiger partial charge in [0, 0.05) is 25.1 Å². The van der Waals surface area contributed by atoms with E-state index in [4.69, 9.17) is 4.74 Å². The molecule has 11 heteroatoms. The number of carbonyl (C=O) groups is 2. The fourth-order valence-electron chi connectivity index (χ4n) is 5.04. The van der Waals surface area contributed by atoms with Crippen molar-refractivity contribution in [3.63, 3.8) is 0 Å². The zero-order valence-electron chi connectivity index (χ0n) is 26.7. The smallest absolute Gasteiger partial charge is 0.264 e. The molecular weight excluding hydrogens is 685 g/mol. The summed E-state index contributed by atoms with van der Waals surface area (Å²) in [5, 5.41) is 2.93. The van der Waals surface area contributed by atoms with E-state index in [9.17, 15) is 18.0 Å². The molecule has 8 nitrogen and oxygen atoms in total. The van der Waals surface area contributed by atoms with Crippen LogP contribution >= 0.6 is 15.9 Å². The lowest BCUT2D eigenvalue weighted by molar-refractivity contribution is -0.140. The van der Waals surface area contributed by atoms with Crippen molar-refractivity contribution in [2.24, 2.45) is 0 Å². The highest BCUT2D eigenvalue weighted by molar-refractivity contribution is 9.10. The van der Waals surface area contributed by atoms with Crippen LogP contribution in [0.5, 0.6) is 5.75 Å². The summed E-state index contributed by atoms with van der Waals surface area (Å²) in [6, 6.07) is 25.3. The Morgan fingerprint density at radius 2 is 1.64 bits per heavy atom. The van der Waals surface area contributed by atoms with E-state index >= 15 is 4.39 Å². The number of hydrogen-bond acceptors (Lipinski definition) is 5. The van der Waals surface area contributed by atoms with Crippen LogP contribution in [0.4, 0.5) is 10.1 Å². The molecule has 4 aromatic carbocycles. The van der Waals surface area contributed by atoms with Gasteiger partial charge in [0.1, 0.15) is 24.2 Å². The third kappa shape index (κ3) is 9.20. The van der Waals surface area contributed by atoms with Crippen LogP contribution in [0, 0.1) is 12.7 Å². The molecule has 4 rings (SSSR count). The Kier molecular flexibility index (Phi) is 12.6. The number of anilines is 1. The molecule has 1 N–H and O–H groups in total. The normalized spacial score (nSPS) is 11.9. The average molecular weight is 725 g/mol. The van der Waals surface area contributed by atoms with Gasteiger partial charge in [-0.2, -0.15) is 0 Å². The standard InChI is InChI=1S/C36H39BrFN3O5S/c1-4-5-21-39-36(43)33(22-27-11-7-6-8-12-27)40(24-28-13-9-10-14-32(28)38)35(42)25-41(29-17-15-26(2)16-18-29)47(44,45)30-19-20-34(46-3)31(37)23-30/h6-20,23,33H,4-5,21-22,24-25H2,1-3H3,(H,39,43)/t33-/m1/s1. The number of rotatable bonds is 15. The second kappa shape index (κ2) is 16.6. The van der Waals surface area contributed by atoms with Gasteiger partial charge >= 0.3 is 0 Å². The summed E-state index contributed by atoms with van der Waals surface area (Å²) in [6.07, 6.45) is 1.73. The molecule has 4 aromatic rings. The quantitative estimate of drug-likeness (QED) is 0.139. The molecule has 0 radical (unpaired) electrons. The van der Waals surface area contributed by atoms with Crippen LogP contribution in [-0.4, -0.2) is 51.4 Å². The zero-order chi connectivity index (χ0) is 34.0. The van der Waals surface area contributed by atoms with Gasteiger partial charge in [-0.05, 0) is 71.2 Å². The van der Waals surface area contributed by atoms with E-state index in [1.807, 2.05) is 44.2 Å². The van der Waals surface area contributed by atoms with Gasteiger partial charge in [-0.3, -0.25) is 13.9 Å². The van der Waals surface area contributed by atoms with Crippen LogP contribution in [0.1, 0.15) is 36.5 Å². The number of ether oxygens (including phenoxy) is 1. The number of halogens is 2. The number of nitrogens with zero attached hydrogens (tertiary/aromatic N) is 2. The molecule has 0 fully saturated rings. The van der Waals surface area contributed by atoms with Crippen LogP contribution in [0.2, 0.25) is 0 Å². The number of benzene rings is 4. The van der Waals surface area contributed by atoms with E-state index in [0.717, 1.165) is 28.3 Å². The minimum Gasteiger partial charge on any atom is -0.496 e. The highest BCUT2D eigenvalue weighted by Crippen LogP contribution is 2.31. The molecule has 0 aliphatic heterocycles. The van der Waals surface area contributed by atoms with Gasteiger partial charge in [0.15, 0.2) is 0 Å². The van der Waals surface area contributed by atoms with Crippen molar-refractivity contribution < 1.29 is 27.1 Å².